The summed E-state index contributed by atoms with van der Waals surface area (Å²) in [5.74, 6) is 1.23. The highest BCUT2D eigenvalue weighted by molar-refractivity contribution is 7.90. The molecule has 0 aliphatic rings. The van der Waals surface area contributed by atoms with Crippen molar-refractivity contribution in [3.63, 3.8) is 0 Å². The van der Waals surface area contributed by atoms with Crippen molar-refractivity contribution in [2.24, 2.45) is 0 Å². The van der Waals surface area contributed by atoms with Crippen LogP contribution in [0.15, 0.2) is 59.8 Å². The van der Waals surface area contributed by atoms with Gasteiger partial charge in [0.05, 0.1) is 28.8 Å². The molecule has 10 heteroatoms. The van der Waals surface area contributed by atoms with Gasteiger partial charge in [0.2, 0.25) is 0 Å². The molecule has 5 rings (SSSR count). The third-order valence-electron chi connectivity index (χ3n) is 6.79. The number of ether oxygens (including phenoxy) is 1. The Morgan fingerprint density at radius 1 is 0.974 bits per heavy atom. The molecule has 2 aromatic carbocycles. The maximum absolute atomic E-state index is 14.1. The summed E-state index contributed by atoms with van der Waals surface area (Å²) in [6.07, 6.45) is 3.02. The van der Waals surface area contributed by atoms with Crippen molar-refractivity contribution in [1.82, 2.24) is 18.9 Å². The Hall–Kier alpha value is -4.75. The molecule has 0 amide bonds. The number of rotatable bonds is 5. The lowest BCUT2D eigenvalue weighted by molar-refractivity contribution is 0.412. The highest BCUT2D eigenvalue weighted by atomic mass is 32.2. The van der Waals surface area contributed by atoms with E-state index in [9.17, 15) is 13.7 Å². The fourth-order valence-corrected chi connectivity index (χ4v) is 6.30. The molecule has 0 unspecified atom stereocenters. The number of hydrogen-bond acceptors (Lipinski definition) is 8. The second-order valence-corrected chi connectivity index (χ2v) is 11.1. The van der Waals surface area contributed by atoms with Gasteiger partial charge < -0.3 is 10.5 Å². The Morgan fingerprint density at radius 3 is 2.31 bits per heavy atom. The predicted molar refractivity (Wildman–Crippen MR) is 150 cm³/mol. The quantitative estimate of drug-likeness (QED) is 0.327. The van der Waals surface area contributed by atoms with E-state index in [1.54, 1.807) is 32.2 Å². The minimum absolute atomic E-state index is 0.0716. The monoisotopic (exact) mass is 538 g/mol. The summed E-state index contributed by atoms with van der Waals surface area (Å²) in [6.45, 7) is 7.42. The van der Waals surface area contributed by atoms with Gasteiger partial charge in [-0.1, -0.05) is 23.8 Å². The van der Waals surface area contributed by atoms with Crippen LogP contribution in [0.5, 0.6) is 5.75 Å². The van der Waals surface area contributed by atoms with Gasteiger partial charge in [0.1, 0.15) is 23.5 Å². The average Bonchev–Trinajstić information content (AvgIpc) is 3.29. The summed E-state index contributed by atoms with van der Waals surface area (Å²) in [6, 6.07) is 14.2. The molecule has 5 aromatic rings. The average molecular weight is 539 g/mol. The number of pyridine rings is 1. The normalized spacial score (nSPS) is 11.5. The standard InChI is InChI=1S/C29H26N6O3S/c1-16-6-9-20(10-7-16)39(36,37)35-25(24-15-32-19(4)34-28(24)31)12-21-22(13-30)23(14-33-29(21)35)27-17(2)8-11-26(38-5)18(27)3/h6-12,14-15H,1-5H3,(H2,31,32,34). The third-order valence-corrected chi connectivity index (χ3v) is 8.50. The highest BCUT2D eigenvalue weighted by Crippen LogP contribution is 2.40. The number of methoxy groups -OCH3 is 1. The van der Waals surface area contributed by atoms with E-state index in [2.05, 4.69) is 21.0 Å². The zero-order valence-electron chi connectivity index (χ0n) is 22.1. The zero-order chi connectivity index (χ0) is 28.1. The molecule has 0 spiro atoms. The van der Waals surface area contributed by atoms with Gasteiger partial charge in [-0.25, -0.2) is 27.3 Å². The van der Waals surface area contributed by atoms with Crippen molar-refractivity contribution in [2.75, 3.05) is 12.8 Å². The van der Waals surface area contributed by atoms with Crippen molar-refractivity contribution < 1.29 is 13.2 Å². The molecular formula is C29H26N6O3S. The van der Waals surface area contributed by atoms with E-state index in [-0.39, 0.29) is 27.6 Å². The molecule has 0 atom stereocenters. The first-order valence-corrected chi connectivity index (χ1v) is 13.5. The first-order valence-electron chi connectivity index (χ1n) is 12.1. The summed E-state index contributed by atoms with van der Waals surface area (Å²) < 4.78 is 34.8. The van der Waals surface area contributed by atoms with Gasteiger partial charge in [-0.3, -0.25) is 0 Å². The number of hydrogen-bond donors (Lipinski definition) is 1. The van der Waals surface area contributed by atoms with Crippen LogP contribution in [-0.4, -0.2) is 34.5 Å². The van der Waals surface area contributed by atoms with Crippen LogP contribution in [0.1, 0.15) is 28.1 Å². The topological polar surface area (TPSA) is 137 Å². The summed E-state index contributed by atoms with van der Waals surface area (Å²) >= 11 is 0. The van der Waals surface area contributed by atoms with E-state index in [0.29, 0.717) is 28.1 Å². The van der Waals surface area contributed by atoms with Crippen molar-refractivity contribution >= 4 is 26.9 Å². The number of fused-ring (bicyclic) bond motifs is 1. The summed E-state index contributed by atoms with van der Waals surface area (Å²) in [5.41, 5.74) is 11.2. The van der Waals surface area contributed by atoms with Crippen LogP contribution in [-0.2, 0) is 10.0 Å². The minimum atomic E-state index is -4.16. The van der Waals surface area contributed by atoms with E-state index in [1.807, 2.05) is 32.9 Å². The second kappa shape index (κ2) is 9.53. The Labute approximate surface area is 226 Å². The molecule has 0 radical (unpaired) electrons. The number of anilines is 1. The molecule has 39 heavy (non-hydrogen) atoms. The maximum Gasteiger partial charge on any atom is 0.269 e. The van der Waals surface area contributed by atoms with Crippen LogP contribution >= 0.6 is 0 Å². The van der Waals surface area contributed by atoms with Crippen LogP contribution in [0.2, 0.25) is 0 Å². The van der Waals surface area contributed by atoms with Crippen molar-refractivity contribution in [1.29, 1.82) is 5.26 Å². The molecule has 2 N–H and O–H groups in total. The molecule has 0 aliphatic heterocycles. The molecule has 0 aliphatic carbocycles. The van der Waals surface area contributed by atoms with Gasteiger partial charge in [0, 0.05) is 23.3 Å². The van der Waals surface area contributed by atoms with E-state index >= 15 is 0 Å². The number of nitrogens with two attached hydrogens (primary N) is 1. The maximum atomic E-state index is 14.1. The molecule has 0 saturated carbocycles. The van der Waals surface area contributed by atoms with Crippen molar-refractivity contribution in [2.45, 2.75) is 32.6 Å². The van der Waals surface area contributed by atoms with Crippen molar-refractivity contribution in [3.8, 4) is 34.2 Å². The molecule has 3 heterocycles. The van der Waals surface area contributed by atoms with E-state index in [0.717, 1.165) is 26.2 Å². The van der Waals surface area contributed by atoms with Gasteiger partial charge >= 0.3 is 0 Å². The van der Waals surface area contributed by atoms with Crippen LogP contribution in [0.25, 0.3) is 33.4 Å². The zero-order valence-corrected chi connectivity index (χ0v) is 23.0. The van der Waals surface area contributed by atoms with E-state index in [1.165, 1.54) is 24.5 Å². The first-order chi connectivity index (χ1) is 18.6. The second-order valence-electron chi connectivity index (χ2n) is 9.31. The molecular weight excluding hydrogens is 512 g/mol. The number of benzene rings is 2. The summed E-state index contributed by atoms with van der Waals surface area (Å²) in [7, 11) is -2.57. The molecule has 9 nitrogen and oxygen atoms in total. The summed E-state index contributed by atoms with van der Waals surface area (Å²) in [5, 5.41) is 10.7. The Bertz CT molecular complexity index is 1920. The number of aryl methyl sites for hydroxylation is 3. The van der Waals surface area contributed by atoms with Crippen LogP contribution in [0.3, 0.4) is 0 Å². The predicted octanol–water partition coefficient (Wildman–Crippen LogP) is 5.09. The Morgan fingerprint density at radius 2 is 1.67 bits per heavy atom. The summed E-state index contributed by atoms with van der Waals surface area (Å²) in [4.78, 5) is 13.2. The highest BCUT2D eigenvalue weighted by Gasteiger charge is 2.29. The third kappa shape index (κ3) is 4.17. The molecule has 0 bridgehead atoms. The smallest absolute Gasteiger partial charge is 0.269 e. The number of aromatic nitrogens is 4. The van der Waals surface area contributed by atoms with Gasteiger partial charge in [-0.05, 0) is 68.7 Å². The fourth-order valence-electron chi connectivity index (χ4n) is 4.83. The molecule has 3 aromatic heterocycles. The van der Waals surface area contributed by atoms with E-state index < -0.39 is 10.0 Å². The largest absolute Gasteiger partial charge is 0.496 e. The first kappa shape index (κ1) is 25.9. The molecule has 0 fully saturated rings. The van der Waals surface area contributed by atoms with Gasteiger partial charge in [-0.2, -0.15) is 5.26 Å². The number of nitriles is 1. The molecule has 0 saturated heterocycles. The number of nitrogens with zero attached hydrogens (tertiary/aromatic N) is 5. The van der Waals surface area contributed by atoms with Gasteiger partial charge in [0.15, 0.2) is 5.65 Å². The van der Waals surface area contributed by atoms with Crippen LogP contribution in [0, 0.1) is 39.0 Å². The lowest BCUT2D eigenvalue weighted by Crippen LogP contribution is -2.15. The SMILES string of the molecule is COc1ccc(C)c(-c2cnc3c(cc(-c4cnc(C)nc4N)n3S(=O)(=O)c3ccc(C)cc3)c2C#N)c1C. The molecule has 196 valence electrons. The van der Waals surface area contributed by atoms with Crippen molar-refractivity contribution in [3.05, 3.63) is 82.9 Å². The van der Waals surface area contributed by atoms with Crippen LogP contribution in [0.4, 0.5) is 5.82 Å². The van der Waals surface area contributed by atoms with Gasteiger partial charge in [-0.15, -0.1) is 0 Å². The lowest BCUT2D eigenvalue weighted by atomic mass is 9.92. The van der Waals surface area contributed by atoms with Gasteiger partial charge in [0.25, 0.3) is 10.0 Å². The fraction of sp³-hybridized carbons (Fsp3) is 0.172. The Balaban J connectivity index is 1.90. The lowest BCUT2D eigenvalue weighted by Gasteiger charge is -2.15. The number of nitrogen functional groups attached to an aromatic ring is 1. The van der Waals surface area contributed by atoms with Crippen LogP contribution < -0.4 is 10.5 Å². The Kier molecular flexibility index (Phi) is 6.32. The minimum Gasteiger partial charge on any atom is -0.496 e. The van der Waals surface area contributed by atoms with E-state index in [4.69, 9.17) is 10.5 Å².